The van der Waals surface area contributed by atoms with E-state index in [0.717, 1.165) is 31.2 Å². The van der Waals surface area contributed by atoms with E-state index in [2.05, 4.69) is 10.6 Å². The molecule has 7 heteroatoms. The second-order valence-electron chi connectivity index (χ2n) is 8.66. The predicted octanol–water partition coefficient (Wildman–Crippen LogP) is 4.39. The van der Waals surface area contributed by atoms with Gasteiger partial charge in [0.2, 0.25) is 5.91 Å². The van der Waals surface area contributed by atoms with E-state index >= 15 is 0 Å². The smallest absolute Gasteiger partial charge is 0.251 e. The summed E-state index contributed by atoms with van der Waals surface area (Å²) in [7, 11) is -3.68. The largest absolute Gasteiger partial charge is 0.349 e. The average Bonchev–Trinajstić information content (AvgIpc) is 2.71. The Kier molecular flexibility index (Phi) is 8.45. The molecule has 6 nitrogen and oxygen atoms in total. The molecule has 1 aliphatic rings. The van der Waals surface area contributed by atoms with E-state index < -0.39 is 21.5 Å². The van der Waals surface area contributed by atoms with E-state index in [1.54, 1.807) is 36.4 Å². The summed E-state index contributed by atoms with van der Waals surface area (Å²) in [6.07, 6.45) is 7.88. The van der Waals surface area contributed by atoms with E-state index in [1.165, 1.54) is 19.3 Å². The molecule has 1 fully saturated rings. The zero-order valence-corrected chi connectivity index (χ0v) is 19.4. The molecule has 0 aliphatic heterocycles. The predicted molar refractivity (Wildman–Crippen MR) is 127 cm³/mol. The highest BCUT2D eigenvalue weighted by atomic mass is 32.2. The van der Waals surface area contributed by atoms with E-state index in [9.17, 15) is 18.0 Å². The number of amides is 2. The van der Waals surface area contributed by atoms with Crippen molar-refractivity contribution < 1.29 is 18.0 Å². The van der Waals surface area contributed by atoms with Gasteiger partial charge in [0.25, 0.3) is 5.91 Å². The summed E-state index contributed by atoms with van der Waals surface area (Å²) in [5, 5.41) is 5.72. The summed E-state index contributed by atoms with van der Waals surface area (Å²) in [5.41, 5.74) is 2.56. The summed E-state index contributed by atoms with van der Waals surface area (Å²) < 4.78 is 25.1. The second-order valence-corrected chi connectivity index (χ2v) is 10.7. The first-order chi connectivity index (χ1) is 15.3. The molecule has 3 rings (SSSR count). The van der Waals surface area contributed by atoms with Crippen LogP contribution in [0, 0.1) is 6.92 Å². The highest BCUT2D eigenvalue weighted by Gasteiger charge is 2.19. The van der Waals surface area contributed by atoms with E-state index in [1.807, 2.05) is 19.1 Å². The third-order valence-corrected chi connectivity index (χ3v) is 7.18. The number of rotatable bonds is 7. The summed E-state index contributed by atoms with van der Waals surface area (Å²) in [6.45, 7) is 1.93. The topological polar surface area (TPSA) is 92.3 Å². The number of hydrogen-bond acceptors (Lipinski definition) is 4. The molecule has 0 atom stereocenters. The standard InChI is InChI=1S/C25H32N2O4S/c1-19-12-14-23(15-13-19)26-24(28)18-32(30,31)17-20-8-7-9-21(16-20)25(29)27-22-10-5-3-2-4-6-11-22/h7-9,12-16,22H,2-6,10-11,17-18H2,1H3,(H,26,28)(H,27,29). The maximum absolute atomic E-state index is 12.7. The Morgan fingerprint density at radius 3 is 2.28 bits per heavy atom. The van der Waals surface area contributed by atoms with Crippen LogP contribution in [0.2, 0.25) is 0 Å². The molecule has 0 radical (unpaired) electrons. The van der Waals surface area contributed by atoms with Crippen molar-refractivity contribution in [3.05, 3.63) is 65.2 Å². The Morgan fingerprint density at radius 2 is 1.59 bits per heavy atom. The third kappa shape index (κ3) is 7.79. The lowest BCUT2D eigenvalue weighted by molar-refractivity contribution is -0.113. The number of anilines is 1. The van der Waals surface area contributed by atoms with Crippen molar-refractivity contribution in [3.63, 3.8) is 0 Å². The van der Waals surface area contributed by atoms with Crippen molar-refractivity contribution in [1.29, 1.82) is 0 Å². The third-order valence-electron chi connectivity index (χ3n) is 5.70. The van der Waals surface area contributed by atoms with Gasteiger partial charge in [-0.25, -0.2) is 8.42 Å². The molecule has 0 saturated heterocycles. The molecule has 32 heavy (non-hydrogen) atoms. The molecule has 0 bridgehead atoms. The lowest BCUT2D eigenvalue weighted by Crippen LogP contribution is -2.35. The number of carbonyl (C=O) groups excluding carboxylic acids is 2. The lowest BCUT2D eigenvalue weighted by atomic mass is 9.96. The number of benzene rings is 2. The number of aryl methyl sites for hydroxylation is 1. The first-order valence-electron chi connectivity index (χ1n) is 11.3. The van der Waals surface area contributed by atoms with Gasteiger partial charge in [-0.1, -0.05) is 61.9 Å². The van der Waals surface area contributed by atoms with Crippen molar-refractivity contribution in [2.24, 2.45) is 0 Å². The summed E-state index contributed by atoms with van der Waals surface area (Å²) in [6, 6.07) is 14.0. The summed E-state index contributed by atoms with van der Waals surface area (Å²) in [5.74, 6) is -1.66. The van der Waals surface area contributed by atoms with Crippen LogP contribution in [0.15, 0.2) is 48.5 Å². The zero-order valence-electron chi connectivity index (χ0n) is 18.6. The molecule has 2 aromatic carbocycles. The number of carbonyl (C=O) groups is 2. The van der Waals surface area contributed by atoms with Crippen LogP contribution in [0.25, 0.3) is 0 Å². The Morgan fingerprint density at radius 1 is 0.938 bits per heavy atom. The first kappa shape index (κ1) is 24.0. The van der Waals surface area contributed by atoms with Gasteiger partial charge in [-0.3, -0.25) is 9.59 Å². The van der Waals surface area contributed by atoms with E-state index in [0.29, 0.717) is 16.8 Å². The van der Waals surface area contributed by atoms with Crippen LogP contribution in [0.3, 0.4) is 0 Å². The van der Waals surface area contributed by atoms with Crippen LogP contribution in [0.5, 0.6) is 0 Å². The van der Waals surface area contributed by atoms with Gasteiger partial charge in [-0.15, -0.1) is 0 Å². The van der Waals surface area contributed by atoms with Crippen LogP contribution in [0.4, 0.5) is 5.69 Å². The lowest BCUT2D eigenvalue weighted by Gasteiger charge is -2.21. The van der Waals surface area contributed by atoms with Crippen molar-refractivity contribution >= 4 is 27.3 Å². The minimum Gasteiger partial charge on any atom is -0.349 e. The minimum atomic E-state index is -3.68. The molecule has 2 amide bonds. The van der Waals surface area contributed by atoms with Gasteiger partial charge < -0.3 is 10.6 Å². The molecule has 2 aromatic rings. The van der Waals surface area contributed by atoms with Gasteiger partial charge in [0.15, 0.2) is 9.84 Å². The average molecular weight is 457 g/mol. The van der Waals surface area contributed by atoms with E-state index in [4.69, 9.17) is 0 Å². The second kappa shape index (κ2) is 11.3. The van der Waals surface area contributed by atoms with Crippen LogP contribution in [0.1, 0.15) is 66.4 Å². The monoisotopic (exact) mass is 456 g/mol. The molecule has 2 N–H and O–H groups in total. The Bertz CT molecular complexity index is 1020. The molecule has 1 aliphatic carbocycles. The number of sulfone groups is 1. The van der Waals surface area contributed by atoms with Crippen LogP contribution < -0.4 is 10.6 Å². The summed E-state index contributed by atoms with van der Waals surface area (Å²) in [4.78, 5) is 24.9. The SMILES string of the molecule is Cc1ccc(NC(=O)CS(=O)(=O)Cc2cccc(C(=O)NC3CCCCCCC3)c2)cc1. The van der Waals surface area contributed by atoms with Gasteiger partial charge in [0.05, 0.1) is 5.75 Å². The van der Waals surface area contributed by atoms with Gasteiger partial charge in [0, 0.05) is 17.3 Å². The fourth-order valence-electron chi connectivity index (χ4n) is 4.01. The van der Waals surface area contributed by atoms with Crippen LogP contribution in [-0.2, 0) is 20.4 Å². The maximum Gasteiger partial charge on any atom is 0.251 e. The van der Waals surface area contributed by atoms with Crippen LogP contribution in [-0.4, -0.2) is 32.0 Å². The number of hydrogen-bond donors (Lipinski definition) is 2. The quantitative estimate of drug-likeness (QED) is 0.646. The molecule has 0 heterocycles. The zero-order chi connectivity index (χ0) is 23.0. The van der Waals surface area contributed by atoms with Gasteiger partial charge >= 0.3 is 0 Å². The molecule has 0 unspecified atom stereocenters. The fraction of sp³-hybridized carbons (Fsp3) is 0.440. The fourth-order valence-corrected chi connectivity index (χ4v) is 5.27. The van der Waals surface area contributed by atoms with Crippen LogP contribution >= 0.6 is 0 Å². The van der Waals surface area contributed by atoms with Gasteiger partial charge in [-0.05, 0) is 49.6 Å². The molecule has 0 aromatic heterocycles. The first-order valence-corrected chi connectivity index (χ1v) is 13.1. The highest BCUT2D eigenvalue weighted by molar-refractivity contribution is 7.91. The highest BCUT2D eigenvalue weighted by Crippen LogP contribution is 2.18. The van der Waals surface area contributed by atoms with Gasteiger partial charge in [-0.2, -0.15) is 0 Å². The Hall–Kier alpha value is -2.67. The molecule has 1 saturated carbocycles. The van der Waals surface area contributed by atoms with Gasteiger partial charge in [0.1, 0.15) is 5.75 Å². The number of nitrogens with one attached hydrogen (secondary N) is 2. The summed E-state index contributed by atoms with van der Waals surface area (Å²) >= 11 is 0. The van der Waals surface area contributed by atoms with Crippen molar-refractivity contribution in [2.45, 2.75) is 63.7 Å². The van der Waals surface area contributed by atoms with E-state index in [-0.39, 0.29) is 17.7 Å². The maximum atomic E-state index is 12.7. The molecule has 0 spiro atoms. The van der Waals surface area contributed by atoms with Crippen molar-refractivity contribution in [3.8, 4) is 0 Å². The van der Waals surface area contributed by atoms with Crippen molar-refractivity contribution in [1.82, 2.24) is 5.32 Å². The molecule has 172 valence electrons. The Labute approximate surface area is 190 Å². The Balaban J connectivity index is 1.58. The normalized spacial score (nSPS) is 15.4. The van der Waals surface area contributed by atoms with Crippen molar-refractivity contribution in [2.75, 3.05) is 11.1 Å². The molecular formula is C25H32N2O4S. The molecular weight excluding hydrogens is 424 g/mol. The minimum absolute atomic E-state index is 0.167.